The fraction of sp³-hybridized carbons (Fsp3) is 0.148. The average molecular weight is 542 g/mol. The van der Waals surface area contributed by atoms with Gasteiger partial charge in [-0.2, -0.15) is 18.4 Å². The molecule has 0 radical (unpaired) electrons. The molecule has 1 N–H and O–H groups in total. The highest BCUT2D eigenvalue weighted by Gasteiger charge is 2.41. The van der Waals surface area contributed by atoms with Gasteiger partial charge in [0.05, 0.1) is 10.8 Å². The van der Waals surface area contributed by atoms with Crippen molar-refractivity contribution in [2.24, 2.45) is 0 Å². The van der Waals surface area contributed by atoms with Gasteiger partial charge in [0.25, 0.3) is 5.91 Å². The summed E-state index contributed by atoms with van der Waals surface area (Å²) in [6, 6.07) is 22.4. The average Bonchev–Trinajstić information content (AvgIpc) is 3.20. The van der Waals surface area contributed by atoms with E-state index < -0.39 is 28.8 Å². The number of thioether (sulfide) groups is 1. The van der Waals surface area contributed by atoms with Gasteiger partial charge in [-0.05, 0) is 47.9 Å². The number of nitriles is 1. The maximum atomic E-state index is 13.5. The number of hydrogen-bond acceptors (Lipinski definition) is 4. The van der Waals surface area contributed by atoms with E-state index in [2.05, 4.69) is 5.32 Å². The molecule has 3 aromatic rings. The monoisotopic (exact) mass is 541 g/mol. The minimum atomic E-state index is -4.57. The highest BCUT2D eigenvalue weighted by Crippen LogP contribution is 2.43. The molecular formula is C27H19ClF3N3O2S. The van der Waals surface area contributed by atoms with Gasteiger partial charge in [-0.25, -0.2) is 0 Å². The summed E-state index contributed by atoms with van der Waals surface area (Å²) in [5.41, 5.74) is 0.247. The number of halogens is 4. The molecule has 1 aliphatic heterocycles. The van der Waals surface area contributed by atoms with Crippen LogP contribution in [0.1, 0.15) is 16.7 Å². The van der Waals surface area contributed by atoms with Gasteiger partial charge in [0.15, 0.2) is 0 Å². The lowest BCUT2D eigenvalue weighted by atomic mass is 10.0. The van der Waals surface area contributed by atoms with Gasteiger partial charge in [-0.3, -0.25) is 14.5 Å². The second-order valence-corrected chi connectivity index (χ2v) is 9.68. The molecule has 188 valence electrons. The molecule has 0 unspecified atom stereocenters. The summed E-state index contributed by atoms with van der Waals surface area (Å²) in [7, 11) is 0. The van der Waals surface area contributed by atoms with E-state index >= 15 is 0 Å². The van der Waals surface area contributed by atoms with E-state index in [9.17, 15) is 28.0 Å². The molecule has 1 saturated heterocycles. The zero-order chi connectivity index (χ0) is 26.6. The molecule has 10 heteroatoms. The Labute approximate surface area is 220 Å². The van der Waals surface area contributed by atoms with Crippen molar-refractivity contribution in [2.75, 3.05) is 4.90 Å². The van der Waals surface area contributed by atoms with Gasteiger partial charge in [-0.1, -0.05) is 71.9 Å². The number of hydrogen-bond donors (Lipinski definition) is 1. The van der Waals surface area contributed by atoms with Crippen molar-refractivity contribution in [1.82, 2.24) is 5.32 Å². The van der Waals surface area contributed by atoms with E-state index in [1.807, 2.05) is 36.4 Å². The first-order valence-corrected chi connectivity index (χ1v) is 12.3. The minimum Gasteiger partial charge on any atom is -0.347 e. The van der Waals surface area contributed by atoms with E-state index in [0.717, 1.165) is 35.5 Å². The summed E-state index contributed by atoms with van der Waals surface area (Å²) in [5, 5.41) is 11.9. The summed E-state index contributed by atoms with van der Waals surface area (Å²) in [6.45, 7) is 0.172. The predicted molar refractivity (Wildman–Crippen MR) is 136 cm³/mol. The molecule has 37 heavy (non-hydrogen) atoms. The maximum Gasteiger partial charge on any atom is 0.416 e. The quantitative estimate of drug-likeness (QED) is 0.302. The topological polar surface area (TPSA) is 73.2 Å². The SMILES string of the molecule is N#C/C(C(=O)NCc1ccccc1)=C1/S[C@@H](Cc2cc(C(F)(F)F)ccc2Cl)C(=O)N1c1ccccc1. The van der Waals surface area contributed by atoms with Crippen molar-refractivity contribution in [2.45, 2.75) is 24.4 Å². The Morgan fingerprint density at radius 3 is 2.32 bits per heavy atom. The molecule has 0 spiro atoms. The lowest BCUT2D eigenvalue weighted by molar-refractivity contribution is -0.137. The van der Waals surface area contributed by atoms with E-state index in [1.54, 1.807) is 30.3 Å². The van der Waals surface area contributed by atoms with Crippen molar-refractivity contribution in [3.63, 3.8) is 0 Å². The summed E-state index contributed by atoms with van der Waals surface area (Å²) in [6.07, 6.45) is -4.69. The zero-order valence-corrected chi connectivity index (χ0v) is 20.7. The highest BCUT2D eigenvalue weighted by atomic mass is 35.5. The van der Waals surface area contributed by atoms with E-state index in [4.69, 9.17) is 11.6 Å². The van der Waals surface area contributed by atoms with Crippen LogP contribution in [-0.4, -0.2) is 17.1 Å². The number of nitrogens with zero attached hydrogens (tertiary/aromatic N) is 2. The number of anilines is 1. The number of carbonyl (C=O) groups is 2. The Kier molecular flexibility index (Phi) is 7.91. The predicted octanol–water partition coefficient (Wildman–Crippen LogP) is 6.10. The van der Waals surface area contributed by atoms with Crippen molar-refractivity contribution < 1.29 is 22.8 Å². The van der Waals surface area contributed by atoms with Gasteiger partial charge >= 0.3 is 6.18 Å². The highest BCUT2D eigenvalue weighted by molar-refractivity contribution is 8.05. The third-order valence-electron chi connectivity index (χ3n) is 5.59. The van der Waals surface area contributed by atoms with Crippen LogP contribution in [0.5, 0.6) is 0 Å². The molecule has 0 bridgehead atoms. The van der Waals surface area contributed by atoms with Crippen LogP contribution in [0.3, 0.4) is 0 Å². The zero-order valence-electron chi connectivity index (χ0n) is 19.1. The van der Waals surface area contributed by atoms with Crippen LogP contribution in [0.4, 0.5) is 18.9 Å². The van der Waals surface area contributed by atoms with Crippen molar-refractivity contribution in [1.29, 1.82) is 5.26 Å². The fourth-order valence-corrected chi connectivity index (χ4v) is 5.26. The summed E-state index contributed by atoms with van der Waals surface area (Å²) < 4.78 is 39.8. The van der Waals surface area contributed by atoms with Gasteiger partial charge in [0.1, 0.15) is 16.7 Å². The molecule has 3 aromatic carbocycles. The fourth-order valence-electron chi connectivity index (χ4n) is 3.77. The molecule has 5 nitrogen and oxygen atoms in total. The molecule has 4 rings (SSSR count). The summed E-state index contributed by atoms with van der Waals surface area (Å²) >= 11 is 7.13. The second-order valence-electron chi connectivity index (χ2n) is 8.08. The lowest BCUT2D eigenvalue weighted by Gasteiger charge is -2.18. The third kappa shape index (κ3) is 5.98. The van der Waals surface area contributed by atoms with Crippen LogP contribution in [0, 0.1) is 11.3 Å². The van der Waals surface area contributed by atoms with Crippen molar-refractivity contribution in [3.05, 3.63) is 111 Å². The van der Waals surface area contributed by atoms with Crippen LogP contribution in [0.25, 0.3) is 0 Å². The third-order valence-corrected chi connectivity index (χ3v) is 7.23. The normalized spacial score (nSPS) is 16.9. The molecule has 1 heterocycles. The number of carbonyl (C=O) groups excluding carboxylic acids is 2. The first kappa shape index (κ1) is 26.3. The molecule has 1 atom stereocenters. The van der Waals surface area contributed by atoms with Crippen LogP contribution < -0.4 is 10.2 Å². The van der Waals surface area contributed by atoms with Crippen molar-refractivity contribution in [3.8, 4) is 6.07 Å². The minimum absolute atomic E-state index is 0.0891. The molecule has 0 saturated carbocycles. The van der Waals surface area contributed by atoms with Crippen LogP contribution >= 0.6 is 23.4 Å². The maximum absolute atomic E-state index is 13.5. The lowest BCUT2D eigenvalue weighted by Crippen LogP contribution is -2.32. The van der Waals surface area contributed by atoms with Gasteiger partial charge in [0.2, 0.25) is 5.91 Å². The standard InChI is InChI=1S/C27H19ClF3N3O2S/c28-22-12-11-19(27(29,30)31)13-18(22)14-23-25(36)34(20-9-5-2-6-10-20)26(37-23)21(15-32)24(35)33-16-17-7-3-1-4-8-17/h1-13,23H,14,16H2,(H,33,35)/b26-21-/t23-/m0/s1. The van der Waals surface area contributed by atoms with Crippen molar-refractivity contribution >= 4 is 40.9 Å². The van der Waals surface area contributed by atoms with E-state index in [-0.39, 0.29) is 34.2 Å². The number of amides is 2. The Morgan fingerprint density at radius 2 is 1.70 bits per heavy atom. The number of para-hydroxylation sites is 1. The first-order chi connectivity index (χ1) is 17.7. The number of alkyl halides is 3. The van der Waals surface area contributed by atoms with E-state index in [1.165, 1.54) is 4.90 Å². The largest absolute Gasteiger partial charge is 0.416 e. The molecule has 2 amide bonds. The molecule has 0 aromatic heterocycles. The molecular weight excluding hydrogens is 523 g/mol. The first-order valence-electron chi connectivity index (χ1n) is 11.1. The van der Waals surface area contributed by atoms with Crippen LogP contribution in [0.2, 0.25) is 5.02 Å². The Bertz CT molecular complexity index is 1390. The number of benzene rings is 3. The van der Waals surface area contributed by atoms with Gasteiger partial charge in [-0.15, -0.1) is 0 Å². The Balaban J connectivity index is 1.68. The second kappa shape index (κ2) is 11.1. The molecule has 1 fully saturated rings. The van der Waals surface area contributed by atoms with Gasteiger partial charge in [0, 0.05) is 17.3 Å². The summed E-state index contributed by atoms with van der Waals surface area (Å²) in [4.78, 5) is 27.8. The number of nitrogens with one attached hydrogen (secondary N) is 1. The number of rotatable bonds is 6. The van der Waals surface area contributed by atoms with Gasteiger partial charge < -0.3 is 5.32 Å². The Morgan fingerprint density at radius 1 is 1.05 bits per heavy atom. The molecule has 1 aliphatic rings. The van der Waals surface area contributed by atoms with Crippen LogP contribution in [-0.2, 0) is 28.7 Å². The van der Waals surface area contributed by atoms with E-state index in [0.29, 0.717) is 5.69 Å². The van der Waals surface area contributed by atoms with Crippen LogP contribution in [0.15, 0.2) is 89.5 Å². The smallest absolute Gasteiger partial charge is 0.347 e. The summed E-state index contributed by atoms with van der Waals surface area (Å²) in [5.74, 6) is -1.14. The Hall–Kier alpha value is -3.74. The molecule has 0 aliphatic carbocycles.